The molecule has 0 heterocycles. The molecule has 1 rings (SSSR count). The highest BCUT2D eigenvalue weighted by Gasteiger charge is 2.06. The van der Waals surface area contributed by atoms with E-state index in [-0.39, 0.29) is 5.82 Å². The van der Waals surface area contributed by atoms with Crippen molar-refractivity contribution in [3.8, 4) is 0 Å². The van der Waals surface area contributed by atoms with Gasteiger partial charge in [0.1, 0.15) is 5.82 Å². The van der Waals surface area contributed by atoms with Crippen molar-refractivity contribution in [2.24, 2.45) is 0 Å². The summed E-state index contributed by atoms with van der Waals surface area (Å²) < 4.78 is 13.9. The number of halogens is 2. The number of rotatable bonds is 5. The van der Waals surface area contributed by atoms with Crippen LogP contribution in [-0.2, 0) is 0 Å². The summed E-state index contributed by atoms with van der Waals surface area (Å²) in [7, 11) is 0. The molecule has 0 atom stereocenters. The molecule has 0 N–H and O–H groups in total. The Hall–Kier alpha value is -0.570. The maximum Gasteiger partial charge on any atom is 0.139 e. The average Bonchev–Trinajstić information content (AvgIpc) is 2.24. The van der Waals surface area contributed by atoms with Crippen LogP contribution in [-0.4, -0.2) is 13.1 Å². The number of hydrogen-bond donors (Lipinski definition) is 0. The largest absolute Gasteiger partial charge is 0.372 e. The molecule has 0 saturated heterocycles. The summed E-state index contributed by atoms with van der Waals surface area (Å²) in [4.78, 5) is 2.19. The van der Waals surface area contributed by atoms with E-state index in [1.54, 1.807) is 12.1 Å². The molecule has 1 aromatic carbocycles. The van der Waals surface area contributed by atoms with Crippen LogP contribution >= 0.6 is 15.9 Å². The molecule has 0 radical (unpaired) electrons. The van der Waals surface area contributed by atoms with E-state index >= 15 is 0 Å². The highest BCUT2D eigenvalue weighted by Crippen LogP contribution is 2.22. The van der Waals surface area contributed by atoms with Crippen LogP contribution in [0.15, 0.2) is 22.7 Å². The Kier molecular flexibility index (Phi) is 5.09. The van der Waals surface area contributed by atoms with Crippen molar-refractivity contribution < 1.29 is 4.39 Å². The summed E-state index contributed by atoms with van der Waals surface area (Å²) >= 11 is 3.16. The van der Waals surface area contributed by atoms with Crippen molar-refractivity contribution in [2.75, 3.05) is 18.0 Å². The zero-order valence-electron chi connectivity index (χ0n) is 9.26. The molecule has 0 spiro atoms. The third-order valence-corrected chi connectivity index (χ3v) is 3.07. The first-order valence-electron chi connectivity index (χ1n) is 5.39. The molecule has 1 nitrogen and oxygen atoms in total. The monoisotopic (exact) mass is 273 g/mol. The lowest BCUT2D eigenvalue weighted by molar-refractivity contribution is 0.619. The lowest BCUT2D eigenvalue weighted by atomic mass is 10.2. The first-order valence-corrected chi connectivity index (χ1v) is 6.18. The second-order valence-electron chi connectivity index (χ2n) is 3.53. The second-order valence-corrected chi connectivity index (χ2v) is 4.39. The van der Waals surface area contributed by atoms with Gasteiger partial charge < -0.3 is 4.90 Å². The van der Waals surface area contributed by atoms with Gasteiger partial charge in [-0.1, -0.05) is 13.3 Å². The third-order valence-electron chi connectivity index (χ3n) is 2.43. The second kappa shape index (κ2) is 6.11. The molecule has 0 unspecified atom stereocenters. The minimum atomic E-state index is -0.192. The lowest BCUT2D eigenvalue weighted by Gasteiger charge is -2.23. The topological polar surface area (TPSA) is 3.24 Å². The van der Waals surface area contributed by atoms with Gasteiger partial charge in [0.15, 0.2) is 0 Å². The number of unbranched alkanes of at least 4 members (excludes halogenated alkanes) is 1. The van der Waals surface area contributed by atoms with Gasteiger partial charge in [0.25, 0.3) is 0 Å². The number of nitrogens with zero attached hydrogens (tertiary/aromatic N) is 1. The van der Waals surface area contributed by atoms with E-state index < -0.39 is 0 Å². The van der Waals surface area contributed by atoms with Crippen LogP contribution < -0.4 is 4.90 Å². The summed E-state index contributed by atoms with van der Waals surface area (Å²) in [5.74, 6) is -0.192. The van der Waals surface area contributed by atoms with E-state index in [0.717, 1.165) is 31.6 Å². The quantitative estimate of drug-likeness (QED) is 0.777. The van der Waals surface area contributed by atoms with Gasteiger partial charge in [-0.3, -0.25) is 0 Å². The molecule has 0 saturated carbocycles. The van der Waals surface area contributed by atoms with Gasteiger partial charge >= 0.3 is 0 Å². The van der Waals surface area contributed by atoms with E-state index in [1.165, 1.54) is 0 Å². The molecular weight excluding hydrogens is 257 g/mol. The standard InChI is InChI=1S/C12H17BrFN/c1-3-5-8-15(4-2)10-6-7-11(13)12(14)9-10/h6-7,9H,3-5,8H2,1-2H3. The lowest BCUT2D eigenvalue weighted by Crippen LogP contribution is -2.23. The first-order chi connectivity index (χ1) is 7.19. The zero-order chi connectivity index (χ0) is 11.3. The molecule has 84 valence electrons. The van der Waals surface area contributed by atoms with Gasteiger partial charge in [0.05, 0.1) is 4.47 Å². The van der Waals surface area contributed by atoms with Crippen molar-refractivity contribution in [3.05, 3.63) is 28.5 Å². The maximum absolute atomic E-state index is 13.3. The molecule has 0 fully saturated rings. The zero-order valence-corrected chi connectivity index (χ0v) is 10.8. The van der Waals surface area contributed by atoms with Crippen LogP contribution in [0.5, 0.6) is 0 Å². The summed E-state index contributed by atoms with van der Waals surface area (Å²) in [5.41, 5.74) is 0.964. The van der Waals surface area contributed by atoms with Gasteiger partial charge in [-0.25, -0.2) is 4.39 Å². The minimum Gasteiger partial charge on any atom is -0.372 e. The van der Waals surface area contributed by atoms with Crippen LogP contribution in [0.2, 0.25) is 0 Å². The maximum atomic E-state index is 13.3. The van der Waals surface area contributed by atoms with Crippen molar-refractivity contribution in [1.82, 2.24) is 0 Å². The predicted molar refractivity (Wildman–Crippen MR) is 66.9 cm³/mol. The van der Waals surface area contributed by atoms with E-state index in [0.29, 0.717) is 4.47 Å². The van der Waals surface area contributed by atoms with Gasteiger partial charge in [-0.15, -0.1) is 0 Å². The molecule has 15 heavy (non-hydrogen) atoms. The van der Waals surface area contributed by atoms with E-state index in [1.807, 2.05) is 6.07 Å². The molecule has 0 aromatic heterocycles. The van der Waals surface area contributed by atoms with Gasteiger partial charge in [-0.05, 0) is 47.5 Å². The van der Waals surface area contributed by atoms with Gasteiger partial charge in [0.2, 0.25) is 0 Å². The van der Waals surface area contributed by atoms with Crippen molar-refractivity contribution in [1.29, 1.82) is 0 Å². The SMILES string of the molecule is CCCCN(CC)c1ccc(Br)c(F)c1. The molecule has 1 aromatic rings. The number of hydrogen-bond acceptors (Lipinski definition) is 1. The van der Waals surface area contributed by atoms with Crippen molar-refractivity contribution >= 4 is 21.6 Å². The summed E-state index contributed by atoms with van der Waals surface area (Å²) in [5, 5.41) is 0. The number of benzene rings is 1. The van der Waals surface area contributed by atoms with Crippen LogP contribution in [0.4, 0.5) is 10.1 Å². The van der Waals surface area contributed by atoms with Crippen molar-refractivity contribution in [3.63, 3.8) is 0 Å². The van der Waals surface area contributed by atoms with Crippen LogP contribution in [0.1, 0.15) is 26.7 Å². The Balaban J connectivity index is 2.78. The fourth-order valence-corrected chi connectivity index (χ4v) is 1.75. The summed E-state index contributed by atoms with van der Waals surface area (Å²) in [6.07, 6.45) is 2.31. The smallest absolute Gasteiger partial charge is 0.139 e. The highest BCUT2D eigenvalue weighted by molar-refractivity contribution is 9.10. The Morgan fingerprint density at radius 2 is 2.07 bits per heavy atom. The third kappa shape index (κ3) is 3.49. The average molecular weight is 274 g/mol. The van der Waals surface area contributed by atoms with Crippen LogP contribution in [0.3, 0.4) is 0 Å². The molecule has 0 aliphatic carbocycles. The summed E-state index contributed by atoms with van der Waals surface area (Å²) in [6.45, 7) is 6.17. The normalized spacial score (nSPS) is 10.4. The van der Waals surface area contributed by atoms with E-state index in [9.17, 15) is 4.39 Å². The van der Waals surface area contributed by atoms with Crippen molar-refractivity contribution in [2.45, 2.75) is 26.7 Å². The molecule has 0 amide bonds. The Morgan fingerprint density at radius 1 is 1.33 bits per heavy atom. The Labute approximate surface area is 99.4 Å². The highest BCUT2D eigenvalue weighted by atomic mass is 79.9. The Morgan fingerprint density at radius 3 is 2.60 bits per heavy atom. The van der Waals surface area contributed by atoms with E-state index in [4.69, 9.17) is 0 Å². The van der Waals surface area contributed by atoms with E-state index in [2.05, 4.69) is 34.7 Å². The van der Waals surface area contributed by atoms with Crippen LogP contribution in [0, 0.1) is 5.82 Å². The fraction of sp³-hybridized carbons (Fsp3) is 0.500. The molecule has 0 bridgehead atoms. The number of anilines is 1. The molecule has 0 aliphatic rings. The van der Waals surface area contributed by atoms with Gasteiger partial charge in [-0.2, -0.15) is 0 Å². The molecule has 3 heteroatoms. The van der Waals surface area contributed by atoms with Crippen LogP contribution in [0.25, 0.3) is 0 Å². The molecule has 0 aliphatic heterocycles. The predicted octanol–water partition coefficient (Wildman–Crippen LogP) is 4.21. The first kappa shape index (κ1) is 12.5. The molecular formula is C12H17BrFN. The Bertz CT molecular complexity index is 314. The van der Waals surface area contributed by atoms with Gasteiger partial charge in [0, 0.05) is 18.8 Å². The summed E-state index contributed by atoms with van der Waals surface area (Å²) in [6, 6.07) is 5.30. The minimum absolute atomic E-state index is 0.192. The fourth-order valence-electron chi connectivity index (χ4n) is 1.50.